The highest BCUT2D eigenvalue weighted by atomic mass is 16.6. The average Bonchev–Trinajstić information content (AvgIpc) is 2.79. The van der Waals surface area contributed by atoms with E-state index in [2.05, 4.69) is 10.6 Å². The SMILES string of the molecule is CCOc1ccc(NC(=O)CCCC(=O)OCC(=O)Nc2cc(OC)ccc2[N+](=O)[O-])cc1. The molecule has 2 N–H and O–H groups in total. The summed E-state index contributed by atoms with van der Waals surface area (Å²) in [5.74, 6) is -0.665. The van der Waals surface area contributed by atoms with E-state index in [1.807, 2.05) is 6.92 Å². The predicted octanol–water partition coefficient (Wildman–Crippen LogP) is 3.29. The lowest BCUT2D eigenvalue weighted by molar-refractivity contribution is -0.383. The maximum absolute atomic E-state index is 12.0. The molecule has 0 saturated carbocycles. The van der Waals surface area contributed by atoms with Crippen LogP contribution in [-0.2, 0) is 19.1 Å². The number of benzene rings is 2. The number of hydrogen-bond donors (Lipinski definition) is 2. The van der Waals surface area contributed by atoms with Crippen LogP contribution in [0.4, 0.5) is 17.1 Å². The molecular weight excluding hydrogens is 434 g/mol. The summed E-state index contributed by atoms with van der Waals surface area (Å²) in [6, 6.07) is 10.8. The van der Waals surface area contributed by atoms with E-state index in [9.17, 15) is 24.5 Å². The number of nitrogens with one attached hydrogen (secondary N) is 2. The minimum atomic E-state index is -0.743. The van der Waals surface area contributed by atoms with E-state index in [1.54, 1.807) is 24.3 Å². The summed E-state index contributed by atoms with van der Waals surface area (Å²) in [6.45, 7) is 1.80. The maximum Gasteiger partial charge on any atom is 0.306 e. The molecule has 2 amide bonds. The van der Waals surface area contributed by atoms with Crippen LogP contribution in [0.25, 0.3) is 0 Å². The number of hydrogen-bond acceptors (Lipinski definition) is 8. The van der Waals surface area contributed by atoms with Crippen LogP contribution in [-0.4, -0.2) is 43.0 Å². The molecule has 11 heteroatoms. The van der Waals surface area contributed by atoms with Gasteiger partial charge >= 0.3 is 5.97 Å². The van der Waals surface area contributed by atoms with Gasteiger partial charge in [0.1, 0.15) is 17.2 Å². The van der Waals surface area contributed by atoms with Gasteiger partial charge in [-0.05, 0) is 43.7 Å². The van der Waals surface area contributed by atoms with Crippen molar-refractivity contribution >= 4 is 34.8 Å². The third-order valence-corrected chi connectivity index (χ3v) is 4.27. The fourth-order valence-corrected chi connectivity index (χ4v) is 2.72. The highest BCUT2D eigenvalue weighted by Crippen LogP contribution is 2.28. The van der Waals surface area contributed by atoms with Crippen LogP contribution >= 0.6 is 0 Å². The molecule has 0 spiro atoms. The topological polar surface area (TPSA) is 146 Å². The summed E-state index contributed by atoms with van der Waals surface area (Å²) in [5, 5.41) is 16.1. The Morgan fingerprint density at radius 2 is 1.67 bits per heavy atom. The zero-order valence-corrected chi connectivity index (χ0v) is 18.3. The van der Waals surface area contributed by atoms with Gasteiger partial charge in [-0.1, -0.05) is 0 Å². The van der Waals surface area contributed by atoms with Crippen molar-refractivity contribution in [3.8, 4) is 11.5 Å². The first-order valence-electron chi connectivity index (χ1n) is 10.1. The van der Waals surface area contributed by atoms with Gasteiger partial charge in [-0.25, -0.2) is 0 Å². The van der Waals surface area contributed by atoms with Crippen molar-refractivity contribution in [2.45, 2.75) is 26.2 Å². The smallest absolute Gasteiger partial charge is 0.306 e. The predicted molar refractivity (Wildman–Crippen MR) is 119 cm³/mol. The number of ether oxygens (including phenoxy) is 3. The number of methoxy groups -OCH3 is 1. The number of carbonyl (C=O) groups excluding carboxylic acids is 3. The fourth-order valence-electron chi connectivity index (χ4n) is 2.72. The van der Waals surface area contributed by atoms with Crippen molar-refractivity contribution in [2.24, 2.45) is 0 Å². The number of carbonyl (C=O) groups is 3. The Hall–Kier alpha value is -4.15. The van der Waals surface area contributed by atoms with E-state index in [1.165, 1.54) is 25.3 Å². The molecule has 0 atom stereocenters. The summed E-state index contributed by atoms with van der Waals surface area (Å²) in [7, 11) is 1.38. The van der Waals surface area contributed by atoms with E-state index < -0.39 is 23.4 Å². The zero-order chi connectivity index (χ0) is 24.2. The lowest BCUT2D eigenvalue weighted by atomic mass is 10.2. The zero-order valence-electron chi connectivity index (χ0n) is 18.3. The molecule has 2 aromatic carbocycles. The molecule has 0 heterocycles. The van der Waals surface area contributed by atoms with E-state index in [0.717, 1.165) is 0 Å². The molecule has 0 aliphatic heterocycles. The number of rotatable bonds is 12. The van der Waals surface area contributed by atoms with E-state index in [4.69, 9.17) is 14.2 Å². The van der Waals surface area contributed by atoms with Crippen LogP contribution in [0.2, 0.25) is 0 Å². The molecule has 0 fully saturated rings. The molecule has 0 unspecified atom stereocenters. The molecule has 176 valence electrons. The van der Waals surface area contributed by atoms with Gasteiger partial charge < -0.3 is 24.8 Å². The minimum absolute atomic E-state index is 0.0662. The van der Waals surface area contributed by atoms with Gasteiger partial charge in [-0.3, -0.25) is 24.5 Å². The van der Waals surface area contributed by atoms with Gasteiger partial charge in [0, 0.05) is 30.7 Å². The maximum atomic E-state index is 12.0. The summed E-state index contributed by atoms with van der Waals surface area (Å²) in [4.78, 5) is 46.3. The summed E-state index contributed by atoms with van der Waals surface area (Å²) in [6.07, 6.45) is 0.248. The lowest BCUT2D eigenvalue weighted by Gasteiger charge is -2.09. The van der Waals surface area contributed by atoms with Crippen LogP contribution in [0.1, 0.15) is 26.2 Å². The van der Waals surface area contributed by atoms with Crippen LogP contribution in [0.15, 0.2) is 42.5 Å². The van der Waals surface area contributed by atoms with Crippen molar-refractivity contribution in [1.82, 2.24) is 0 Å². The lowest BCUT2D eigenvalue weighted by Crippen LogP contribution is -2.21. The quantitative estimate of drug-likeness (QED) is 0.279. The van der Waals surface area contributed by atoms with E-state index >= 15 is 0 Å². The summed E-state index contributed by atoms with van der Waals surface area (Å²) >= 11 is 0. The Kier molecular flexibility index (Phi) is 9.62. The second-order valence-electron chi connectivity index (χ2n) is 6.71. The van der Waals surface area contributed by atoms with Gasteiger partial charge in [0.05, 0.1) is 18.6 Å². The van der Waals surface area contributed by atoms with Gasteiger partial charge in [0.2, 0.25) is 5.91 Å². The first kappa shape index (κ1) is 25.1. The molecule has 11 nitrogen and oxygen atoms in total. The normalized spacial score (nSPS) is 10.1. The van der Waals surface area contributed by atoms with Crippen molar-refractivity contribution in [1.29, 1.82) is 0 Å². The molecule has 0 aliphatic rings. The largest absolute Gasteiger partial charge is 0.497 e. The average molecular weight is 459 g/mol. The summed E-state index contributed by atoms with van der Waals surface area (Å²) in [5.41, 5.74) is 0.203. The first-order chi connectivity index (χ1) is 15.8. The van der Waals surface area contributed by atoms with Crippen LogP contribution in [0.5, 0.6) is 11.5 Å². The van der Waals surface area contributed by atoms with Crippen LogP contribution in [0.3, 0.4) is 0 Å². The highest BCUT2D eigenvalue weighted by molar-refractivity contribution is 5.95. The molecule has 0 aliphatic carbocycles. The van der Waals surface area contributed by atoms with Gasteiger partial charge in [0.15, 0.2) is 6.61 Å². The van der Waals surface area contributed by atoms with E-state index in [-0.39, 0.29) is 36.5 Å². The number of nitro groups is 1. The number of nitro benzene ring substituents is 1. The standard InChI is InChI=1S/C22H25N3O8/c1-3-32-16-9-7-15(8-10-16)23-20(26)5-4-6-22(28)33-14-21(27)24-18-13-17(31-2)11-12-19(18)25(29)30/h7-13H,3-6,14H2,1-2H3,(H,23,26)(H,24,27). The second-order valence-corrected chi connectivity index (χ2v) is 6.71. The van der Waals surface area contributed by atoms with Crippen molar-refractivity contribution in [2.75, 3.05) is 31.0 Å². The molecule has 0 saturated heterocycles. The monoisotopic (exact) mass is 459 g/mol. The van der Waals surface area contributed by atoms with Gasteiger partial charge in [-0.2, -0.15) is 0 Å². The van der Waals surface area contributed by atoms with E-state index in [0.29, 0.717) is 23.8 Å². The molecule has 2 aromatic rings. The third-order valence-electron chi connectivity index (χ3n) is 4.27. The highest BCUT2D eigenvalue weighted by Gasteiger charge is 2.18. The molecule has 0 radical (unpaired) electrons. The van der Waals surface area contributed by atoms with Crippen molar-refractivity contribution in [3.63, 3.8) is 0 Å². The number of nitrogens with zero attached hydrogens (tertiary/aromatic N) is 1. The summed E-state index contributed by atoms with van der Waals surface area (Å²) < 4.78 is 15.2. The van der Waals surface area contributed by atoms with Crippen molar-refractivity contribution in [3.05, 3.63) is 52.6 Å². The molecule has 2 rings (SSSR count). The third kappa shape index (κ3) is 8.48. The minimum Gasteiger partial charge on any atom is -0.497 e. The van der Waals surface area contributed by atoms with Crippen LogP contribution < -0.4 is 20.1 Å². The Morgan fingerprint density at radius 3 is 2.30 bits per heavy atom. The molecule has 0 bridgehead atoms. The van der Waals surface area contributed by atoms with Crippen molar-refractivity contribution < 1.29 is 33.5 Å². The second kappa shape index (κ2) is 12.6. The molecule has 33 heavy (non-hydrogen) atoms. The van der Waals surface area contributed by atoms with Gasteiger partial charge in [0.25, 0.3) is 11.6 Å². The number of amides is 2. The Bertz CT molecular complexity index is 992. The Balaban J connectivity index is 1.72. The van der Waals surface area contributed by atoms with Gasteiger partial charge in [-0.15, -0.1) is 0 Å². The van der Waals surface area contributed by atoms with Crippen LogP contribution in [0, 0.1) is 10.1 Å². The number of anilines is 2. The fraction of sp³-hybridized carbons (Fsp3) is 0.318. The molecule has 0 aromatic heterocycles. The Morgan fingerprint density at radius 1 is 0.970 bits per heavy atom. The first-order valence-corrected chi connectivity index (χ1v) is 10.1. The number of esters is 1. The molecular formula is C22H25N3O8. The Labute approximate surface area is 190 Å².